The molecule has 20 heavy (non-hydrogen) atoms. The lowest BCUT2D eigenvalue weighted by molar-refractivity contribution is -0.114. The number of fused-ring (bicyclic) bond motifs is 1. The van der Waals surface area contributed by atoms with Crippen molar-refractivity contribution in [2.75, 3.05) is 6.61 Å². The molecule has 3 rings (SSSR count). The monoisotopic (exact) mass is 272 g/mol. The van der Waals surface area contributed by atoms with Crippen LogP contribution in [0.3, 0.4) is 0 Å². The SMILES string of the molecule is CCOC1CC(NCc2c[nH]c3ccccc23)C1(C)C. The fraction of sp³-hybridized carbons (Fsp3) is 0.529. The van der Waals surface area contributed by atoms with Gasteiger partial charge in [0.25, 0.3) is 0 Å². The summed E-state index contributed by atoms with van der Waals surface area (Å²) in [6.45, 7) is 8.39. The van der Waals surface area contributed by atoms with Gasteiger partial charge in [-0.3, -0.25) is 0 Å². The van der Waals surface area contributed by atoms with Crippen molar-refractivity contribution in [3.8, 4) is 0 Å². The summed E-state index contributed by atoms with van der Waals surface area (Å²) in [5.74, 6) is 0. The normalized spacial score (nSPS) is 24.8. The molecule has 1 heterocycles. The molecule has 1 aliphatic carbocycles. The molecule has 2 N–H and O–H groups in total. The summed E-state index contributed by atoms with van der Waals surface area (Å²) in [5.41, 5.74) is 2.78. The first-order valence-corrected chi connectivity index (χ1v) is 7.53. The number of para-hydroxylation sites is 1. The van der Waals surface area contributed by atoms with Gasteiger partial charge < -0.3 is 15.0 Å². The van der Waals surface area contributed by atoms with Crippen molar-refractivity contribution in [1.29, 1.82) is 0 Å². The van der Waals surface area contributed by atoms with Crippen molar-refractivity contribution in [3.05, 3.63) is 36.0 Å². The maximum Gasteiger partial charge on any atom is 0.0655 e. The van der Waals surface area contributed by atoms with E-state index in [1.165, 1.54) is 16.5 Å². The van der Waals surface area contributed by atoms with E-state index in [-0.39, 0.29) is 5.41 Å². The highest BCUT2D eigenvalue weighted by Gasteiger charge is 2.48. The topological polar surface area (TPSA) is 37.0 Å². The molecule has 2 aromatic rings. The molecule has 2 atom stereocenters. The van der Waals surface area contributed by atoms with Crippen molar-refractivity contribution in [2.24, 2.45) is 5.41 Å². The van der Waals surface area contributed by atoms with E-state index in [0.717, 1.165) is 19.6 Å². The van der Waals surface area contributed by atoms with E-state index >= 15 is 0 Å². The second kappa shape index (κ2) is 5.23. The van der Waals surface area contributed by atoms with Gasteiger partial charge in [0.05, 0.1) is 6.10 Å². The number of hydrogen-bond acceptors (Lipinski definition) is 2. The molecule has 0 saturated heterocycles. The van der Waals surface area contributed by atoms with Gasteiger partial charge in [-0.2, -0.15) is 0 Å². The first-order valence-electron chi connectivity index (χ1n) is 7.53. The van der Waals surface area contributed by atoms with Gasteiger partial charge >= 0.3 is 0 Å². The number of ether oxygens (including phenoxy) is 1. The van der Waals surface area contributed by atoms with E-state index in [0.29, 0.717) is 12.1 Å². The summed E-state index contributed by atoms with van der Waals surface area (Å²) >= 11 is 0. The predicted octanol–water partition coefficient (Wildman–Crippen LogP) is 3.46. The molecule has 0 amide bonds. The highest BCUT2D eigenvalue weighted by Crippen LogP contribution is 2.42. The molecule has 0 bridgehead atoms. The lowest BCUT2D eigenvalue weighted by Crippen LogP contribution is -2.60. The molecule has 1 saturated carbocycles. The first kappa shape index (κ1) is 13.7. The van der Waals surface area contributed by atoms with Crippen molar-refractivity contribution in [1.82, 2.24) is 10.3 Å². The molecule has 108 valence electrons. The maximum atomic E-state index is 5.78. The van der Waals surface area contributed by atoms with Crippen LogP contribution in [0.25, 0.3) is 10.9 Å². The second-order valence-corrected chi connectivity index (χ2v) is 6.29. The lowest BCUT2D eigenvalue weighted by Gasteiger charge is -2.52. The van der Waals surface area contributed by atoms with Crippen LogP contribution < -0.4 is 5.32 Å². The Hall–Kier alpha value is -1.32. The van der Waals surface area contributed by atoms with Gasteiger partial charge in [0, 0.05) is 41.7 Å². The van der Waals surface area contributed by atoms with Gasteiger partial charge in [0.15, 0.2) is 0 Å². The van der Waals surface area contributed by atoms with E-state index in [2.05, 4.69) is 61.5 Å². The molecule has 1 aromatic heterocycles. The van der Waals surface area contributed by atoms with Crippen LogP contribution >= 0.6 is 0 Å². The Kier molecular flexibility index (Phi) is 3.57. The highest BCUT2D eigenvalue weighted by molar-refractivity contribution is 5.82. The number of nitrogens with one attached hydrogen (secondary N) is 2. The van der Waals surface area contributed by atoms with E-state index < -0.39 is 0 Å². The maximum absolute atomic E-state index is 5.78. The third kappa shape index (κ3) is 2.25. The van der Waals surface area contributed by atoms with Gasteiger partial charge in [-0.1, -0.05) is 32.0 Å². The zero-order valence-electron chi connectivity index (χ0n) is 12.6. The fourth-order valence-electron chi connectivity index (χ4n) is 3.23. The Balaban J connectivity index is 1.63. The van der Waals surface area contributed by atoms with Gasteiger partial charge in [-0.15, -0.1) is 0 Å². The molecular formula is C17H24N2O. The zero-order chi connectivity index (χ0) is 14.2. The molecule has 0 aliphatic heterocycles. The zero-order valence-corrected chi connectivity index (χ0v) is 12.6. The van der Waals surface area contributed by atoms with E-state index in [9.17, 15) is 0 Å². The van der Waals surface area contributed by atoms with Gasteiger partial charge in [0.1, 0.15) is 0 Å². The first-order chi connectivity index (χ1) is 9.63. The number of aromatic amines is 1. The Labute approximate surface area is 120 Å². The fourth-order valence-corrected chi connectivity index (χ4v) is 3.23. The third-order valence-electron chi connectivity index (χ3n) is 4.76. The van der Waals surface area contributed by atoms with Gasteiger partial charge in [0.2, 0.25) is 0 Å². The van der Waals surface area contributed by atoms with Gasteiger partial charge in [-0.25, -0.2) is 0 Å². The minimum absolute atomic E-state index is 0.224. The molecule has 3 heteroatoms. The molecule has 0 radical (unpaired) electrons. The van der Waals surface area contributed by atoms with Crippen molar-refractivity contribution in [3.63, 3.8) is 0 Å². The number of rotatable bonds is 5. The van der Waals surface area contributed by atoms with Crippen LogP contribution in [0.2, 0.25) is 0 Å². The largest absolute Gasteiger partial charge is 0.378 e. The average Bonchev–Trinajstić information content (AvgIpc) is 2.85. The Morgan fingerprint density at radius 3 is 2.90 bits per heavy atom. The van der Waals surface area contributed by atoms with E-state index in [1.807, 2.05) is 0 Å². The Morgan fingerprint density at radius 2 is 2.15 bits per heavy atom. The summed E-state index contributed by atoms with van der Waals surface area (Å²) in [6.07, 6.45) is 3.62. The third-order valence-corrected chi connectivity index (χ3v) is 4.76. The number of H-pyrrole nitrogens is 1. The Morgan fingerprint density at radius 1 is 1.35 bits per heavy atom. The second-order valence-electron chi connectivity index (χ2n) is 6.29. The molecule has 1 aliphatic rings. The van der Waals surface area contributed by atoms with E-state index in [4.69, 9.17) is 4.74 Å². The summed E-state index contributed by atoms with van der Waals surface area (Å²) < 4.78 is 5.78. The standard InChI is InChI=1S/C17H24N2O/c1-4-20-16-9-15(17(16,2)3)19-11-12-10-18-14-8-6-5-7-13(12)14/h5-8,10,15-16,18-19H,4,9,11H2,1-3H3. The molecule has 3 nitrogen and oxygen atoms in total. The minimum Gasteiger partial charge on any atom is -0.378 e. The van der Waals surface area contributed by atoms with Crippen LogP contribution in [-0.2, 0) is 11.3 Å². The lowest BCUT2D eigenvalue weighted by atomic mass is 9.64. The van der Waals surface area contributed by atoms with Crippen LogP contribution in [0.15, 0.2) is 30.5 Å². The summed E-state index contributed by atoms with van der Waals surface area (Å²) in [5, 5.41) is 5.01. The van der Waals surface area contributed by atoms with Crippen LogP contribution in [0.4, 0.5) is 0 Å². The highest BCUT2D eigenvalue weighted by atomic mass is 16.5. The number of benzene rings is 1. The minimum atomic E-state index is 0.224. The van der Waals surface area contributed by atoms with Crippen molar-refractivity contribution >= 4 is 10.9 Å². The molecule has 2 unspecified atom stereocenters. The molecule has 0 spiro atoms. The molecule has 1 aromatic carbocycles. The van der Waals surface area contributed by atoms with Crippen molar-refractivity contribution in [2.45, 2.75) is 45.9 Å². The Bertz CT molecular complexity index is 587. The van der Waals surface area contributed by atoms with Crippen LogP contribution in [0.5, 0.6) is 0 Å². The smallest absolute Gasteiger partial charge is 0.0655 e. The molecule has 1 fully saturated rings. The molecular weight excluding hydrogens is 248 g/mol. The summed E-state index contributed by atoms with van der Waals surface area (Å²) in [6, 6.07) is 9.00. The number of aromatic nitrogens is 1. The van der Waals surface area contributed by atoms with Crippen LogP contribution in [-0.4, -0.2) is 23.7 Å². The quantitative estimate of drug-likeness (QED) is 0.874. The summed E-state index contributed by atoms with van der Waals surface area (Å²) in [7, 11) is 0. The predicted molar refractivity (Wildman–Crippen MR) is 82.7 cm³/mol. The summed E-state index contributed by atoms with van der Waals surface area (Å²) in [4.78, 5) is 3.33. The van der Waals surface area contributed by atoms with Crippen molar-refractivity contribution < 1.29 is 4.74 Å². The van der Waals surface area contributed by atoms with Gasteiger partial charge in [-0.05, 0) is 25.0 Å². The van der Waals surface area contributed by atoms with Crippen LogP contribution in [0.1, 0.15) is 32.8 Å². The van der Waals surface area contributed by atoms with Crippen LogP contribution in [0, 0.1) is 5.41 Å². The number of hydrogen-bond donors (Lipinski definition) is 2. The van der Waals surface area contributed by atoms with E-state index in [1.54, 1.807) is 0 Å². The average molecular weight is 272 g/mol.